The number of methoxy groups -OCH3 is 1. The minimum Gasteiger partial charge on any atom is -0.497 e. The van der Waals surface area contributed by atoms with Crippen LogP contribution in [0, 0.1) is 5.82 Å². The number of carbonyl (C=O) groups is 1. The molecular weight excluding hydrogens is 407 g/mol. The van der Waals surface area contributed by atoms with Crippen molar-refractivity contribution in [2.45, 2.75) is 30.3 Å². The number of hydrogen-bond donors (Lipinski definition) is 1. The summed E-state index contributed by atoms with van der Waals surface area (Å²) in [5.41, 5.74) is 0.739. The SMILES string of the molecule is COc1cc(Cl)cc(CNC(=O)C2CCCN2S(=O)(=O)c2ccc(F)cc2)c1. The number of amides is 1. The first-order valence-corrected chi connectivity index (χ1v) is 10.5. The van der Waals surface area contributed by atoms with Crippen molar-refractivity contribution >= 4 is 27.5 Å². The topological polar surface area (TPSA) is 75.7 Å². The van der Waals surface area contributed by atoms with Crippen LogP contribution in [0.4, 0.5) is 4.39 Å². The van der Waals surface area contributed by atoms with E-state index in [1.165, 1.54) is 23.5 Å². The Balaban J connectivity index is 1.72. The van der Waals surface area contributed by atoms with E-state index in [1.807, 2.05) is 0 Å². The zero-order valence-corrected chi connectivity index (χ0v) is 16.8. The van der Waals surface area contributed by atoms with Crippen LogP contribution in [0.2, 0.25) is 5.02 Å². The molecule has 1 atom stereocenters. The maximum absolute atomic E-state index is 13.1. The third-order valence-corrected chi connectivity index (χ3v) is 6.70. The van der Waals surface area contributed by atoms with E-state index < -0.39 is 21.9 Å². The number of nitrogens with one attached hydrogen (secondary N) is 1. The van der Waals surface area contributed by atoms with Gasteiger partial charge in [-0.3, -0.25) is 4.79 Å². The fourth-order valence-electron chi connectivity index (χ4n) is 3.18. The second-order valence-electron chi connectivity index (χ2n) is 6.44. The molecule has 6 nitrogen and oxygen atoms in total. The van der Waals surface area contributed by atoms with Crippen LogP contribution in [0.1, 0.15) is 18.4 Å². The Labute approximate surface area is 168 Å². The monoisotopic (exact) mass is 426 g/mol. The van der Waals surface area contributed by atoms with Gasteiger partial charge in [0.05, 0.1) is 12.0 Å². The third-order valence-electron chi connectivity index (χ3n) is 4.56. The molecule has 0 aromatic heterocycles. The fraction of sp³-hybridized carbons (Fsp3) is 0.316. The predicted octanol–water partition coefficient (Wildman–Crippen LogP) is 2.96. The molecule has 1 amide bonds. The Kier molecular flexibility index (Phi) is 6.22. The van der Waals surface area contributed by atoms with Gasteiger partial charge in [-0.2, -0.15) is 4.31 Å². The van der Waals surface area contributed by atoms with E-state index in [2.05, 4.69) is 5.32 Å². The van der Waals surface area contributed by atoms with E-state index in [9.17, 15) is 17.6 Å². The molecule has 1 heterocycles. The van der Waals surface area contributed by atoms with Crippen molar-refractivity contribution < 1.29 is 22.3 Å². The van der Waals surface area contributed by atoms with Crippen molar-refractivity contribution in [3.05, 3.63) is 58.9 Å². The van der Waals surface area contributed by atoms with E-state index in [1.54, 1.807) is 18.2 Å². The van der Waals surface area contributed by atoms with Crippen LogP contribution >= 0.6 is 11.6 Å². The third kappa shape index (κ3) is 4.45. The number of benzene rings is 2. The summed E-state index contributed by atoms with van der Waals surface area (Å²) in [6, 6.07) is 8.87. The van der Waals surface area contributed by atoms with Crippen LogP contribution in [0.5, 0.6) is 5.75 Å². The van der Waals surface area contributed by atoms with Crippen LogP contribution in [0.15, 0.2) is 47.4 Å². The number of ether oxygens (including phenoxy) is 1. The zero-order valence-electron chi connectivity index (χ0n) is 15.2. The number of halogens is 2. The van der Waals surface area contributed by atoms with E-state index in [-0.39, 0.29) is 23.9 Å². The lowest BCUT2D eigenvalue weighted by atomic mass is 10.2. The molecule has 0 bridgehead atoms. The molecule has 0 spiro atoms. The first-order chi connectivity index (χ1) is 13.3. The first kappa shape index (κ1) is 20.6. The highest BCUT2D eigenvalue weighted by Crippen LogP contribution is 2.27. The molecule has 0 aliphatic carbocycles. The standard InChI is InChI=1S/C19H20ClFN2O4S/c1-27-16-10-13(9-14(20)11-16)12-22-19(24)18-3-2-8-23(18)28(25,26)17-6-4-15(21)5-7-17/h4-7,9-11,18H,2-3,8,12H2,1H3,(H,22,24). The normalized spacial score (nSPS) is 17.5. The average Bonchev–Trinajstić information content (AvgIpc) is 3.17. The second kappa shape index (κ2) is 8.46. The fourth-order valence-corrected chi connectivity index (χ4v) is 5.08. The Hall–Kier alpha value is -2.16. The highest BCUT2D eigenvalue weighted by Gasteiger charge is 2.39. The van der Waals surface area contributed by atoms with Crippen molar-refractivity contribution in [1.29, 1.82) is 0 Å². The van der Waals surface area contributed by atoms with Crippen LogP contribution < -0.4 is 10.1 Å². The molecule has 2 aromatic carbocycles. The summed E-state index contributed by atoms with van der Waals surface area (Å²) >= 11 is 6.03. The molecule has 28 heavy (non-hydrogen) atoms. The maximum atomic E-state index is 13.1. The number of rotatable bonds is 6. The van der Waals surface area contributed by atoms with Gasteiger partial charge in [-0.25, -0.2) is 12.8 Å². The summed E-state index contributed by atoms with van der Waals surface area (Å²) in [4.78, 5) is 12.6. The minimum absolute atomic E-state index is 0.0341. The van der Waals surface area contributed by atoms with Gasteiger partial charge in [0.2, 0.25) is 15.9 Å². The van der Waals surface area contributed by atoms with Gasteiger partial charge in [0.15, 0.2) is 0 Å². The molecule has 1 fully saturated rings. The van der Waals surface area contributed by atoms with Gasteiger partial charge in [0.1, 0.15) is 17.6 Å². The van der Waals surface area contributed by atoms with E-state index in [4.69, 9.17) is 16.3 Å². The van der Waals surface area contributed by atoms with Gasteiger partial charge in [-0.05, 0) is 60.9 Å². The van der Waals surface area contributed by atoms with E-state index in [0.717, 1.165) is 17.7 Å². The van der Waals surface area contributed by atoms with Gasteiger partial charge in [0, 0.05) is 18.1 Å². The molecule has 1 saturated heterocycles. The smallest absolute Gasteiger partial charge is 0.243 e. The molecule has 0 radical (unpaired) electrons. The Morgan fingerprint density at radius 3 is 2.68 bits per heavy atom. The zero-order chi connectivity index (χ0) is 20.3. The van der Waals surface area contributed by atoms with Crippen molar-refractivity contribution in [2.75, 3.05) is 13.7 Å². The molecule has 0 saturated carbocycles. The average molecular weight is 427 g/mol. The van der Waals surface area contributed by atoms with E-state index >= 15 is 0 Å². The van der Waals surface area contributed by atoms with Crippen molar-refractivity contribution in [3.8, 4) is 5.75 Å². The lowest BCUT2D eigenvalue weighted by molar-refractivity contribution is -0.124. The van der Waals surface area contributed by atoms with Crippen molar-refractivity contribution in [1.82, 2.24) is 9.62 Å². The minimum atomic E-state index is -3.89. The summed E-state index contributed by atoms with van der Waals surface area (Å²) in [7, 11) is -2.37. The summed E-state index contributed by atoms with van der Waals surface area (Å²) in [5.74, 6) is -0.341. The molecule has 3 rings (SSSR count). The lowest BCUT2D eigenvalue weighted by Gasteiger charge is -2.23. The Bertz CT molecular complexity index is 966. The second-order valence-corrected chi connectivity index (χ2v) is 8.77. The molecule has 150 valence electrons. The summed E-state index contributed by atoms with van der Waals surface area (Å²) in [6.45, 7) is 0.430. The number of carbonyl (C=O) groups excluding carboxylic acids is 1. The van der Waals surface area contributed by atoms with Gasteiger partial charge in [-0.15, -0.1) is 0 Å². The summed E-state index contributed by atoms with van der Waals surface area (Å²) < 4.78 is 45.1. The molecular formula is C19H20ClFN2O4S. The van der Waals surface area contributed by atoms with Crippen LogP contribution in [0.25, 0.3) is 0 Å². The predicted molar refractivity (Wildman–Crippen MR) is 103 cm³/mol. The molecule has 1 unspecified atom stereocenters. The molecule has 1 aliphatic rings. The van der Waals surface area contributed by atoms with Gasteiger partial charge in [0.25, 0.3) is 0 Å². The molecule has 1 aliphatic heterocycles. The largest absolute Gasteiger partial charge is 0.497 e. The maximum Gasteiger partial charge on any atom is 0.243 e. The highest BCUT2D eigenvalue weighted by atomic mass is 35.5. The van der Waals surface area contributed by atoms with Crippen molar-refractivity contribution in [3.63, 3.8) is 0 Å². The molecule has 2 aromatic rings. The lowest BCUT2D eigenvalue weighted by Crippen LogP contribution is -2.45. The summed E-state index contributed by atoms with van der Waals surface area (Å²) in [5, 5.41) is 3.24. The van der Waals surface area contributed by atoms with E-state index in [0.29, 0.717) is 23.6 Å². The van der Waals surface area contributed by atoms with Crippen LogP contribution in [0.3, 0.4) is 0 Å². The summed E-state index contributed by atoms with van der Waals surface area (Å²) in [6.07, 6.45) is 0.995. The Morgan fingerprint density at radius 2 is 2.00 bits per heavy atom. The highest BCUT2D eigenvalue weighted by molar-refractivity contribution is 7.89. The van der Waals surface area contributed by atoms with Crippen LogP contribution in [-0.4, -0.2) is 38.3 Å². The quantitative estimate of drug-likeness (QED) is 0.770. The van der Waals surface area contributed by atoms with Gasteiger partial charge < -0.3 is 10.1 Å². The Morgan fingerprint density at radius 1 is 1.29 bits per heavy atom. The van der Waals surface area contributed by atoms with Gasteiger partial charge >= 0.3 is 0 Å². The number of sulfonamides is 1. The number of hydrogen-bond acceptors (Lipinski definition) is 4. The molecule has 1 N–H and O–H groups in total. The first-order valence-electron chi connectivity index (χ1n) is 8.70. The number of nitrogens with zero attached hydrogens (tertiary/aromatic N) is 1. The van der Waals surface area contributed by atoms with Crippen molar-refractivity contribution in [2.24, 2.45) is 0 Å². The van der Waals surface area contributed by atoms with Gasteiger partial charge in [-0.1, -0.05) is 11.6 Å². The molecule has 9 heteroatoms. The van der Waals surface area contributed by atoms with Crippen LogP contribution in [-0.2, 0) is 21.4 Å².